The Morgan fingerprint density at radius 3 is 2.45 bits per heavy atom. The number of halogens is 3. The van der Waals surface area contributed by atoms with Crippen molar-refractivity contribution >= 4 is 0 Å². The van der Waals surface area contributed by atoms with Crippen LogP contribution in [0.15, 0.2) is 21.5 Å². The second kappa shape index (κ2) is 5.10. The molecule has 0 radical (unpaired) electrons. The molecule has 1 aliphatic rings. The van der Waals surface area contributed by atoms with Crippen molar-refractivity contribution in [3.8, 4) is 5.75 Å². The first-order valence-corrected chi connectivity index (χ1v) is 6.03. The van der Waals surface area contributed by atoms with Gasteiger partial charge in [-0.1, -0.05) is 0 Å². The number of piperidine rings is 1. The molecule has 0 unspecified atom stereocenters. The van der Waals surface area contributed by atoms with Crippen LogP contribution < -0.4 is 5.43 Å². The van der Waals surface area contributed by atoms with E-state index in [1.165, 1.54) is 0 Å². The highest BCUT2D eigenvalue weighted by atomic mass is 19.4. The van der Waals surface area contributed by atoms with Crippen LogP contribution in [0.4, 0.5) is 13.2 Å². The van der Waals surface area contributed by atoms with E-state index in [1.807, 2.05) is 0 Å². The summed E-state index contributed by atoms with van der Waals surface area (Å²) in [6, 6.07) is 1.10. The van der Waals surface area contributed by atoms with Gasteiger partial charge in [-0.15, -0.1) is 0 Å². The lowest BCUT2D eigenvalue weighted by Gasteiger charge is -2.38. The minimum atomic E-state index is -4.63. The van der Waals surface area contributed by atoms with Crippen molar-refractivity contribution in [2.75, 3.05) is 13.1 Å². The smallest absolute Gasteiger partial charge is 0.417 e. The summed E-state index contributed by atoms with van der Waals surface area (Å²) in [5.41, 5.74) is -3.24. The highest BCUT2D eigenvalue weighted by molar-refractivity contribution is 5.15. The summed E-state index contributed by atoms with van der Waals surface area (Å²) < 4.78 is 42.8. The number of aromatic hydroxyl groups is 1. The molecule has 2 rings (SSSR count). The topological polar surface area (TPSA) is 73.9 Å². The maximum atomic E-state index is 12.6. The minimum absolute atomic E-state index is 0.0423. The SMILES string of the molecule is O=c1cc(CN2CCC(O)(C(F)(F)F)CC2)occ1O. The molecule has 0 amide bonds. The fourth-order valence-corrected chi connectivity index (χ4v) is 2.11. The number of rotatable bonds is 2. The number of likely N-dealkylation sites (tertiary alicyclic amines) is 1. The highest BCUT2D eigenvalue weighted by Gasteiger charge is 2.54. The quantitative estimate of drug-likeness (QED) is 0.858. The molecule has 0 atom stereocenters. The number of hydrogen-bond donors (Lipinski definition) is 2. The monoisotopic (exact) mass is 293 g/mol. The maximum Gasteiger partial charge on any atom is 0.417 e. The lowest BCUT2D eigenvalue weighted by atomic mass is 9.91. The van der Waals surface area contributed by atoms with E-state index in [1.54, 1.807) is 4.90 Å². The maximum absolute atomic E-state index is 12.6. The summed E-state index contributed by atoms with van der Waals surface area (Å²) in [6.07, 6.45) is -4.57. The first kappa shape index (κ1) is 14.9. The zero-order valence-corrected chi connectivity index (χ0v) is 10.5. The van der Waals surface area contributed by atoms with E-state index in [2.05, 4.69) is 0 Å². The number of hydrogen-bond acceptors (Lipinski definition) is 5. The van der Waals surface area contributed by atoms with E-state index in [0.29, 0.717) is 0 Å². The summed E-state index contributed by atoms with van der Waals surface area (Å²) in [4.78, 5) is 12.8. The van der Waals surface area contributed by atoms with Crippen molar-refractivity contribution < 1.29 is 27.8 Å². The van der Waals surface area contributed by atoms with Crippen LogP contribution in [0.3, 0.4) is 0 Å². The van der Waals surface area contributed by atoms with Crippen LogP contribution in [0, 0.1) is 0 Å². The summed E-state index contributed by atoms with van der Waals surface area (Å²) in [6.45, 7) is 0.241. The zero-order valence-electron chi connectivity index (χ0n) is 10.5. The van der Waals surface area contributed by atoms with E-state index in [9.17, 15) is 23.1 Å². The molecule has 5 nitrogen and oxygen atoms in total. The van der Waals surface area contributed by atoms with Gasteiger partial charge in [-0.2, -0.15) is 13.2 Å². The predicted octanol–water partition coefficient (Wildman–Crippen LogP) is 1.23. The number of alkyl halides is 3. The Balaban J connectivity index is 1.98. The Morgan fingerprint density at radius 1 is 1.35 bits per heavy atom. The lowest BCUT2D eigenvalue weighted by Crippen LogP contribution is -2.53. The normalized spacial score (nSPS) is 20.0. The van der Waals surface area contributed by atoms with E-state index >= 15 is 0 Å². The fourth-order valence-electron chi connectivity index (χ4n) is 2.11. The molecular formula is C12H14F3NO4. The standard InChI is InChI=1S/C12H14F3NO4/c13-12(14,15)11(19)1-3-16(4-2-11)6-8-5-9(17)10(18)7-20-8/h5,7,18-19H,1-4,6H2. The largest absolute Gasteiger partial charge is 0.502 e. The molecule has 2 heterocycles. The van der Waals surface area contributed by atoms with Gasteiger partial charge < -0.3 is 14.6 Å². The molecule has 0 spiro atoms. The molecule has 112 valence electrons. The van der Waals surface area contributed by atoms with Gasteiger partial charge in [0.15, 0.2) is 11.4 Å². The highest BCUT2D eigenvalue weighted by Crippen LogP contribution is 2.38. The molecule has 0 saturated carbocycles. The van der Waals surface area contributed by atoms with Crippen molar-refractivity contribution in [1.82, 2.24) is 4.90 Å². The van der Waals surface area contributed by atoms with E-state index in [4.69, 9.17) is 9.52 Å². The minimum Gasteiger partial charge on any atom is -0.502 e. The fraction of sp³-hybridized carbons (Fsp3) is 0.583. The van der Waals surface area contributed by atoms with Crippen LogP contribution in [0.5, 0.6) is 5.75 Å². The number of aliphatic hydroxyl groups is 1. The van der Waals surface area contributed by atoms with Gasteiger partial charge in [0.1, 0.15) is 12.0 Å². The van der Waals surface area contributed by atoms with Crippen LogP contribution in [-0.4, -0.2) is 40.0 Å². The molecule has 0 bridgehead atoms. The Hall–Kier alpha value is -1.54. The van der Waals surface area contributed by atoms with Crippen molar-refractivity contribution in [2.45, 2.75) is 31.2 Å². The van der Waals surface area contributed by atoms with E-state index in [0.717, 1.165) is 12.3 Å². The summed E-state index contributed by atoms with van der Waals surface area (Å²) in [7, 11) is 0. The van der Waals surface area contributed by atoms with Gasteiger partial charge in [0.25, 0.3) is 0 Å². The average Bonchev–Trinajstić information content (AvgIpc) is 2.35. The van der Waals surface area contributed by atoms with Gasteiger partial charge in [0.05, 0.1) is 6.54 Å². The van der Waals surface area contributed by atoms with Crippen LogP contribution in [-0.2, 0) is 6.54 Å². The molecule has 1 aromatic heterocycles. The molecule has 1 aliphatic heterocycles. The Kier molecular flexibility index (Phi) is 3.79. The molecule has 0 aliphatic carbocycles. The second-order valence-corrected chi connectivity index (χ2v) is 4.90. The molecular weight excluding hydrogens is 279 g/mol. The molecule has 1 fully saturated rings. The third-order valence-corrected chi connectivity index (χ3v) is 3.46. The summed E-state index contributed by atoms with van der Waals surface area (Å²) in [5.74, 6) is -0.260. The van der Waals surface area contributed by atoms with Crippen molar-refractivity contribution in [2.24, 2.45) is 0 Å². The van der Waals surface area contributed by atoms with Crippen molar-refractivity contribution in [3.63, 3.8) is 0 Å². The van der Waals surface area contributed by atoms with E-state index in [-0.39, 0.29) is 25.4 Å². The van der Waals surface area contributed by atoms with Crippen LogP contribution in [0.2, 0.25) is 0 Å². The van der Waals surface area contributed by atoms with Gasteiger partial charge in [0.2, 0.25) is 5.43 Å². The van der Waals surface area contributed by atoms with Gasteiger partial charge in [-0.05, 0) is 12.8 Å². The Labute approximate surface area is 112 Å². The Bertz CT molecular complexity index is 532. The van der Waals surface area contributed by atoms with Crippen molar-refractivity contribution in [1.29, 1.82) is 0 Å². The Morgan fingerprint density at radius 2 is 1.95 bits per heavy atom. The van der Waals surface area contributed by atoms with Gasteiger partial charge in [-0.3, -0.25) is 9.69 Å². The number of nitrogens with zero attached hydrogens (tertiary/aromatic N) is 1. The lowest BCUT2D eigenvalue weighted by molar-refractivity contribution is -0.273. The van der Waals surface area contributed by atoms with Gasteiger partial charge in [0, 0.05) is 19.2 Å². The van der Waals surface area contributed by atoms with Crippen LogP contribution >= 0.6 is 0 Å². The van der Waals surface area contributed by atoms with E-state index < -0.39 is 35.8 Å². The van der Waals surface area contributed by atoms with Gasteiger partial charge >= 0.3 is 6.18 Å². The third-order valence-electron chi connectivity index (χ3n) is 3.46. The average molecular weight is 293 g/mol. The molecule has 1 aromatic rings. The molecule has 20 heavy (non-hydrogen) atoms. The molecule has 1 saturated heterocycles. The molecule has 2 N–H and O–H groups in total. The first-order chi connectivity index (χ1) is 9.21. The van der Waals surface area contributed by atoms with Crippen molar-refractivity contribution in [3.05, 3.63) is 28.3 Å². The molecule has 0 aromatic carbocycles. The van der Waals surface area contributed by atoms with Gasteiger partial charge in [-0.25, -0.2) is 0 Å². The van der Waals surface area contributed by atoms with Crippen LogP contribution in [0.1, 0.15) is 18.6 Å². The van der Waals surface area contributed by atoms with Crippen LogP contribution in [0.25, 0.3) is 0 Å². The predicted molar refractivity (Wildman–Crippen MR) is 62.2 cm³/mol. The summed E-state index contributed by atoms with van der Waals surface area (Å²) >= 11 is 0. The third kappa shape index (κ3) is 2.96. The zero-order chi connectivity index (χ0) is 15.0. The second-order valence-electron chi connectivity index (χ2n) is 4.90. The summed E-state index contributed by atoms with van der Waals surface area (Å²) in [5, 5.41) is 18.5. The first-order valence-electron chi connectivity index (χ1n) is 6.03. The molecule has 8 heteroatoms.